The van der Waals surface area contributed by atoms with Crippen LogP contribution in [0.15, 0.2) is 48.5 Å². The molecule has 2 aromatic rings. The fourth-order valence-electron chi connectivity index (χ4n) is 3.39. The van der Waals surface area contributed by atoms with Gasteiger partial charge in [-0.2, -0.15) is 0 Å². The van der Waals surface area contributed by atoms with E-state index in [1.807, 2.05) is 55.5 Å². The van der Waals surface area contributed by atoms with Crippen molar-refractivity contribution in [3.63, 3.8) is 0 Å². The van der Waals surface area contributed by atoms with E-state index in [0.29, 0.717) is 13.0 Å². The molecule has 2 N–H and O–H groups in total. The molecule has 5 heteroatoms. The molecule has 3 amide bonds. The van der Waals surface area contributed by atoms with Crippen molar-refractivity contribution >= 4 is 23.3 Å². The van der Waals surface area contributed by atoms with E-state index in [0.717, 1.165) is 23.4 Å². The molecule has 1 aliphatic rings. The van der Waals surface area contributed by atoms with Crippen LogP contribution in [0.2, 0.25) is 0 Å². The molecule has 0 spiro atoms. The number of anilines is 2. The van der Waals surface area contributed by atoms with Gasteiger partial charge in [0.1, 0.15) is 6.04 Å². The first kappa shape index (κ1) is 19.9. The Labute approximate surface area is 167 Å². The van der Waals surface area contributed by atoms with E-state index in [-0.39, 0.29) is 17.4 Å². The number of nitrogens with zero attached hydrogens (tertiary/aromatic N) is 1. The SMILES string of the molecule is Cc1ccc(NC(=O)N2CCC[C@H]2C(=O)Nc2ccc(C(C)(C)C)cc2)cc1. The minimum Gasteiger partial charge on any atom is -0.324 e. The molecule has 0 aromatic heterocycles. The van der Waals surface area contributed by atoms with E-state index >= 15 is 0 Å². The third-order valence-corrected chi connectivity index (χ3v) is 5.14. The van der Waals surface area contributed by atoms with Gasteiger partial charge in [-0.3, -0.25) is 4.79 Å². The van der Waals surface area contributed by atoms with Crippen molar-refractivity contribution in [3.8, 4) is 0 Å². The fraction of sp³-hybridized carbons (Fsp3) is 0.391. The minimum atomic E-state index is -0.451. The number of hydrogen-bond donors (Lipinski definition) is 2. The van der Waals surface area contributed by atoms with Crippen molar-refractivity contribution in [2.75, 3.05) is 17.2 Å². The van der Waals surface area contributed by atoms with Gasteiger partial charge in [-0.1, -0.05) is 50.6 Å². The molecule has 0 aliphatic carbocycles. The third kappa shape index (κ3) is 4.71. The van der Waals surface area contributed by atoms with Crippen LogP contribution in [0.5, 0.6) is 0 Å². The van der Waals surface area contributed by atoms with Crippen LogP contribution in [0.3, 0.4) is 0 Å². The van der Waals surface area contributed by atoms with Crippen LogP contribution < -0.4 is 10.6 Å². The molecule has 1 heterocycles. The van der Waals surface area contributed by atoms with Crippen LogP contribution in [0.25, 0.3) is 0 Å². The summed E-state index contributed by atoms with van der Waals surface area (Å²) in [5, 5.41) is 5.85. The molecule has 148 valence electrons. The molecule has 1 atom stereocenters. The molecule has 5 nitrogen and oxygen atoms in total. The highest BCUT2D eigenvalue weighted by atomic mass is 16.2. The van der Waals surface area contributed by atoms with Crippen LogP contribution in [0.1, 0.15) is 44.7 Å². The van der Waals surface area contributed by atoms with Crippen molar-refractivity contribution in [3.05, 3.63) is 59.7 Å². The van der Waals surface area contributed by atoms with Gasteiger partial charge in [-0.15, -0.1) is 0 Å². The van der Waals surface area contributed by atoms with E-state index in [1.54, 1.807) is 4.90 Å². The monoisotopic (exact) mass is 379 g/mol. The summed E-state index contributed by atoms with van der Waals surface area (Å²) in [5.74, 6) is -0.139. The number of hydrogen-bond acceptors (Lipinski definition) is 2. The zero-order chi connectivity index (χ0) is 20.3. The van der Waals surface area contributed by atoms with Crippen LogP contribution >= 0.6 is 0 Å². The Balaban J connectivity index is 1.64. The van der Waals surface area contributed by atoms with Crippen molar-refractivity contribution in [2.45, 2.75) is 52.0 Å². The first-order chi connectivity index (χ1) is 13.2. The number of nitrogens with one attached hydrogen (secondary N) is 2. The van der Waals surface area contributed by atoms with Crippen molar-refractivity contribution in [2.24, 2.45) is 0 Å². The lowest BCUT2D eigenvalue weighted by molar-refractivity contribution is -0.119. The highest BCUT2D eigenvalue weighted by molar-refractivity contribution is 5.99. The molecule has 28 heavy (non-hydrogen) atoms. The number of rotatable bonds is 3. The maximum Gasteiger partial charge on any atom is 0.322 e. The summed E-state index contributed by atoms with van der Waals surface area (Å²) < 4.78 is 0. The summed E-state index contributed by atoms with van der Waals surface area (Å²) in [6.07, 6.45) is 1.50. The van der Waals surface area contributed by atoms with E-state index < -0.39 is 6.04 Å². The Morgan fingerprint density at radius 3 is 2.11 bits per heavy atom. The van der Waals surface area contributed by atoms with Gasteiger partial charge in [0.05, 0.1) is 0 Å². The van der Waals surface area contributed by atoms with E-state index in [2.05, 4.69) is 31.4 Å². The summed E-state index contributed by atoms with van der Waals surface area (Å²) in [5.41, 5.74) is 3.90. The Morgan fingerprint density at radius 2 is 1.50 bits per heavy atom. The van der Waals surface area contributed by atoms with Gasteiger partial charge in [0, 0.05) is 17.9 Å². The molecular formula is C23H29N3O2. The summed E-state index contributed by atoms with van der Waals surface area (Å²) >= 11 is 0. The quantitative estimate of drug-likeness (QED) is 0.794. The normalized spacial score (nSPS) is 16.7. The van der Waals surface area contributed by atoms with E-state index in [9.17, 15) is 9.59 Å². The number of benzene rings is 2. The Morgan fingerprint density at radius 1 is 0.929 bits per heavy atom. The second kappa shape index (κ2) is 8.05. The molecule has 1 aliphatic heterocycles. The molecule has 0 radical (unpaired) electrons. The van der Waals surface area contributed by atoms with E-state index in [1.165, 1.54) is 5.56 Å². The Bertz CT molecular complexity index is 836. The molecule has 0 saturated carbocycles. The summed E-state index contributed by atoms with van der Waals surface area (Å²) in [6.45, 7) is 9.05. The predicted octanol–water partition coefficient (Wildman–Crippen LogP) is 4.93. The van der Waals surface area contributed by atoms with Crippen molar-refractivity contribution in [1.29, 1.82) is 0 Å². The third-order valence-electron chi connectivity index (χ3n) is 5.14. The first-order valence-corrected chi connectivity index (χ1v) is 9.80. The average molecular weight is 380 g/mol. The fourth-order valence-corrected chi connectivity index (χ4v) is 3.39. The Kier molecular flexibility index (Phi) is 5.73. The van der Waals surface area contributed by atoms with Gasteiger partial charge in [-0.05, 0) is 55.0 Å². The number of aryl methyl sites for hydroxylation is 1. The maximum atomic E-state index is 12.8. The summed E-state index contributed by atoms with van der Waals surface area (Å²) in [7, 11) is 0. The molecule has 2 aromatic carbocycles. The lowest BCUT2D eigenvalue weighted by Crippen LogP contribution is -2.45. The zero-order valence-electron chi connectivity index (χ0n) is 17.1. The minimum absolute atomic E-state index is 0.0683. The van der Waals surface area contributed by atoms with Gasteiger partial charge in [0.2, 0.25) is 5.91 Å². The second-order valence-corrected chi connectivity index (χ2v) is 8.46. The molecule has 0 unspecified atom stereocenters. The largest absolute Gasteiger partial charge is 0.324 e. The first-order valence-electron chi connectivity index (χ1n) is 9.80. The zero-order valence-corrected chi connectivity index (χ0v) is 17.1. The molecule has 1 saturated heterocycles. The lowest BCUT2D eigenvalue weighted by atomic mass is 9.87. The van der Waals surface area contributed by atoms with Gasteiger partial charge < -0.3 is 15.5 Å². The number of urea groups is 1. The average Bonchev–Trinajstić information content (AvgIpc) is 3.13. The molecular weight excluding hydrogens is 350 g/mol. The number of carbonyl (C=O) groups is 2. The summed E-state index contributed by atoms with van der Waals surface area (Å²) in [4.78, 5) is 27.1. The van der Waals surface area contributed by atoms with Crippen molar-refractivity contribution in [1.82, 2.24) is 4.90 Å². The van der Waals surface area contributed by atoms with Crippen LogP contribution in [0.4, 0.5) is 16.2 Å². The number of likely N-dealkylation sites (tertiary alicyclic amines) is 1. The lowest BCUT2D eigenvalue weighted by Gasteiger charge is -2.24. The van der Waals surface area contributed by atoms with Crippen molar-refractivity contribution < 1.29 is 9.59 Å². The van der Waals surface area contributed by atoms with Gasteiger partial charge in [0.15, 0.2) is 0 Å². The van der Waals surface area contributed by atoms with Crippen LogP contribution in [-0.2, 0) is 10.2 Å². The van der Waals surface area contributed by atoms with E-state index in [4.69, 9.17) is 0 Å². The predicted molar refractivity (Wildman–Crippen MR) is 114 cm³/mol. The highest BCUT2D eigenvalue weighted by Gasteiger charge is 2.34. The highest BCUT2D eigenvalue weighted by Crippen LogP contribution is 2.25. The molecule has 0 bridgehead atoms. The van der Waals surface area contributed by atoms with Crippen LogP contribution in [-0.4, -0.2) is 29.4 Å². The standard InChI is InChI=1S/C23H29N3O2/c1-16-7-11-19(12-8-16)25-22(28)26-15-5-6-20(26)21(27)24-18-13-9-17(10-14-18)23(2,3)4/h7-14,20H,5-6,15H2,1-4H3,(H,24,27)(H,25,28)/t20-/m0/s1. The topological polar surface area (TPSA) is 61.4 Å². The Hall–Kier alpha value is -2.82. The van der Waals surface area contributed by atoms with Gasteiger partial charge in [-0.25, -0.2) is 4.79 Å². The van der Waals surface area contributed by atoms with Gasteiger partial charge >= 0.3 is 6.03 Å². The van der Waals surface area contributed by atoms with Gasteiger partial charge in [0.25, 0.3) is 0 Å². The maximum absolute atomic E-state index is 12.8. The number of amides is 3. The smallest absolute Gasteiger partial charge is 0.322 e. The molecule has 1 fully saturated rings. The summed E-state index contributed by atoms with van der Waals surface area (Å²) in [6, 6.07) is 14.9. The number of carbonyl (C=O) groups excluding carboxylic acids is 2. The second-order valence-electron chi connectivity index (χ2n) is 8.46. The van der Waals surface area contributed by atoms with Crippen LogP contribution in [0, 0.1) is 6.92 Å². The molecule has 3 rings (SSSR count).